The van der Waals surface area contributed by atoms with Crippen LogP contribution < -0.4 is 5.32 Å². The zero-order chi connectivity index (χ0) is 13.9. The van der Waals surface area contributed by atoms with Gasteiger partial charge in [-0.1, -0.05) is 23.2 Å². The lowest BCUT2D eigenvalue weighted by molar-refractivity contribution is 0.0779. The molecule has 0 spiro atoms. The van der Waals surface area contributed by atoms with E-state index in [-0.39, 0.29) is 0 Å². The topological polar surface area (TPSA) is 26.2 Å². The Balaban J connectivity index is 1.65. The highest BCUT2D eigenvalue weighted by Crippen LogP contribution is 2.28. The molecule has 2 aromatic rings. The molecule has 3 rings (SSSR count). The molecule has 20 heavy (non-hydrogen) atoms. The van der Waals surface area contributed by atoms with Crippen LogP contribution in [-0.2, 0) is 11.3 Å². The zero-order valence-electron chi connectivity index (χ0n) is 11.2. The summed E-state index contributed by atoms with van der Waals surface area (Å²) in [5, 5.41) is 6.04. The zero-order valence-corrected chi connectivity index (χ0v) is 12.8. The van der Waals surface area contributed by atoms with Crippen LogP contribution in [0.4, 0.5) is 0 Å². The number of hydrogen-bond donors (Lipinski definition) is 1. The third kappa shape index (κ3) is 3.12. The fourth-order valence-corrected chi connectivity index (χ4v) is 3.25. The molecule has 1 N–H and O–H groups in total. The van der Waals surface area contributed by atoms with Crippen LogP contribution in [0.1, 0.15) is 12.8 Å². The van der Waals surface area contributed by atoms with Crippen molar-refractivity contribution >= 4 is 34.1 Å². The minimum absolute atomic E-state index is 0.581. The molecule has 1 aliphatic rings. The number of fused-ring (bicyclic) bond motifs is 1. The van der Waals surface area contributed by atoms with Gasteiger partial charge in [0.2, 0.25) is 0 Å². The summed E-state index contributed by atoms with van der Waals surface area (Å²) in [5.74, 6) is 0. The van der Waals surface area contributed by atoms with Gasteiger partial charge in [0.15, 0.2) is 0 Å². The number of halogens is 2. The summed E-state index contributed by atoms with van der Waals surface area (Å²) in [6.45, 7) is 3.60. The average molecular weight is 313 g/mol. The molecular formula is C15H18Cl2N2O. The predicted molar refractivity (Wildman–Crippen MR) is 83.8 cm³/mol. The van der Waals surface area contributed by atoms with Gasteiger partial charge in [0, 0.05) is 49.0 Å². The van der Waals surface area contributed by atoms with E-state index in [2.05, 4.69) is 16.1 Å². The summed E-state index contributed by atoms with van der Waals surface area (Å²) in [6, 6.07) is 6.38. The van der Waals surface area contributed by atoms with Gasteiger partial charge in [-0.25, -0.2) is 0 Å². The van der Waals surface area contributed by atoms with Gasteiger partial charge < -0.3 is 14.6 Å². The Kier molecular flexibility index (Phi) is 4.51. The number of hydrogen-bond acceptors (Lipinski definition) is 2. The van der Waals surface area contributed by atoms with E-state index >= 15 is 0 Å². The van der Waals surface area contributed by atoms with Crippen molar-refractivity contribution in [1.29, 1.82) is 0 Å². The number of benzene rings is 1. The third-order valence-electron chi connectivity index (χ3n) is 3.81. The van der Waals surface area contributed by atoms with E-state index in [1.54, 1.807) is 6.07 Å². The first-order valence-corrected chi connectivity index (χ1v) is 7.74. The lowest BCUT2D eigenvalue weighted by Gasteiger charge is -2.23. The van der Waals surface area contributed by atoms with Gasteiger partial charge in [0.05, 0.1) is 10.5 Å². The molecule has 108 valence electrons. The molecule has 2 heterocycles. The van der Waals surface area contributed by atoms with Gasteiger partial charge in [-0.05, 0) is 31.0 Å². The lowest BCUT2D eigenvalue weighted by atomic mass is 10.1. The smallest absolute Gasteiger partial charge is 0.0514 e. The molecule has 0 amide bonds. The first kappa shape index (κ1) is 14.2. The first-order chi connectivity index (χ1) is 9.74. The average Bonchev–Trinajstić information content (AvgIpc) is 2.83. The molecule has 0 atom stereocenters. The predicted octanol–water partition coefficient (Wildman–Crippen LogP) is 3.72. The highest BCUT2D eigenvalue weighted by atomic mass is 35.5. The Morgan fingerprint density at radius 2 is 2.05 bits per heavy atom. The van der Waals surface area contributed by atoms with Gasteiger partial charge >= 0.3 is 0 Å². The van der Waals surface area contributed by atoms with Crippen LogP contribution >= 0.6 is 23.2 Å². The molecule has 1 aromatic heterocycles. The Labute approximate surface area is 128 Å². The number of rotatable bonds is 4. The minimum Gasteiger partial charge on any atom is -0.381 e. The van der Waals surface area contributed by atoms with Crippen LogP contribution in [0.5, 0.6) is 0 Å². The molecule has 0 bridgehead atoms. The number of ether oxygens (including phenoxy) is 1. The number of nitrogens with zero attached hydrogens (tertiary/aromatic N) is 1. The lowest BCUT2D eigenvalue weighted by Crippen LogP contribution is -2.36. The number of aromatic nitrogens is 1. The van der Waals surface area contributed by atoms with Crippen molar-refractivity contribution in [3.05, 3.63) is 34.4 Å². The summed E-state index contributed by atoms with van der Waals surface area (Å²) >= 11 is 12.3. The molecule has 3 nitrogen and oxygen atoms in total. The van der Waals surface area contributed by atoms with Gasteiger partial charge in [0.25, 0.3) is 0 Å². The Morgan fingerprint density at radius 3 is 2.85 bits per heavy atom. The summed E-state index contributed by atoms with van der Waals surface area (Å²) in [6.07, 6.45) is 4.27. The maximum atomic E-state index is 6.20. The van der Waals surface area contributed by atoms with E-state index < -0.39 is 0 Å². The van der Waals surface area contributed by atoms with Crippen LogP contribution in [0.2, 0.25) is 10.0 Å². The maximum absolute atomic E-state index is 6.20. The van der Waals surface area contributed by atoms with E-state index in [0.29, 0.717) is 16.1 Å². The minimum atomic E-state index is 0.581. The van der Waals surface area contributed by atoms with Gasteiger partial charge in [-0.15, -0.1) is 0 Å². The molecule has 0 aliphatic carbocycles. The maximum Gasteiger partial charge on any atom is 0.0514 e. The molecule has 1 fully saturated rings. The van der Waals surface area contributed by atoms with Crippen molar-refractivity contribution < 1.29 is 4.74 Å². The van der Waals surface area contributed by atoms with Crippen molar-refractivity contribution in [3.63, 3.8) is 0 Å². The second-order valence-electron chi connectivity index (χ2n) is 5.17. The summed E-state index contributed by atoms with van der Waals surface area (Å²) in [7, 11) is 0. The molecule has 0 unspecified atom stereocenters. The Hall–Kier alpha value is -0.740. The molecule has 1 aliphatic heterocycles. The first-order valence-electron chi connectivity index (χ1n) is 6.99. The largest absolute Gasteiger partial charge is 0.381 e. The van der Waals surface area contributed by atoms with Gasteiger partial charge in [-0.2, -0.15) is 0 Å². The van der Waals surface area contributed by atoms with E-state index in [4.69, 9.17) is 27.9 Å². The van der Waals surface area contributed by atoms with Crippen molar-refractivity contribution in [3.8, 4) is 0 Å². The van der Waals surface area contributed by atoms with Crippen molar-refractivity contribution in [2.75, 3.05) is 19.8 Å². The Bertz CT molecular complexity index is 591. The molecule has 1 saturated heterocycles. The normalized spacial score (nSPS) is 16.9. The second-order valence-corrected chi connectivity index (χ2v) is 6.01. The van der Waals surface area contributed by atoms with E-state index in [1.807, 2.05) is 12.1 Å². The van der Waals surface area contributed by atoms with E-state index in [0.717, 1.165) is 50.0 Å². The van der Waals surface area contributed by atoms with Crippen LogP contribution in [-0.4, -0.2) is 30.4 Å². The van der Waals surface area contributed by atoms with Crippen molar-refractivity contribution in [2.24, 2.45) is 0 Å². The molecular weight excluding hydrogens is 295 g/mol. The van der Waals surface area contributed by atoms with Crippen LogP contribution in [0.3, 0.4) is 0 Å². The van der Waals surface area contributed by atoms with Crippen molar-refractivity contribution in [2.45, 2.75) is 25.4 Å². The van der Waals surface area contributed by atoms with Crippen LogP contribution in [0.15, 0.2) is 24.4 Å². The molecule has 1 aromatic carbocycles. The highest BCUT2D eigenvalue weighted by molar-refractivity contribution is 6.38. The molecule has 5 heteroatoms. The standard InChI is InChI=1S/C15H18Cl2N2O/c16-11-9-14(17)13-1-5-19(15(13)10-11)6-4-18-12-2-7-20-8-3-12/h1,5,9-10,12,18H,2-4,6-8H2. The van der Waals surface area contributed by atoms with E-state index in [1.165, 1.54) is 0 Å². The van der Waals surface area contributed by atoms with Gasteiger partial charge in [0.1, 0.15) is 0 Å². The number of nitrogens with one attached hydrogen (secondary N) is 1. The third-order valence-corrected chi connectivity index (χ3v) is 4.34. The molecule has 0 saturated carbocycles. The Morgan fingerprint density at radius 1 is 1.25 bits per heavy atom. The monoisotopic (exact) mass is 312 g/mol. The SMILES string of the molecule is Clc1cc(Cl)c2ccn(CCNC3CCOCC3)c2c1. The quantitative estimate of drug-likeness (QED) is 0.931. The summed E-state index contributed by atoms with van der Waals surface area (Å²) in [4.78, 5) is 0. The summed E-state index contributed by atoms with van der Waals surface area (Å²) in [5.41, 5.74) is 1.09. The highest BCUT2D eigenvalue weighted by Gasteiger charge is 2.12. The fraction of sp³-hybridized carbons (Fsp3) is 0.467. The van der Waals surface area contributed by atoms with E-state index in [9.17, 15) is 0 Å². The van der Waals surface area contributed by atoms with Gasteiger partial charge in [-0.3, -0.25) is 0 Å². The fourth-order valence-electron chi connectivity index (χ4n) is 2.70. The summed E-state index contributed by atoms with van der Waals surface area (Å²) < 4.78 is 7.56. The molecule has 0 radical (unpaired) electrons. The second kappa shape index (κ2) is 6.35. The van der Waals surface area contributed by atoms with Crippen molar-refractivity contribution in [1.82, 2.24) is 9.88 Å². The van der Waals surface area contributed by atoms with Crippen LogP contribution in [0.25, 0.3) is 10.9 Å². The van der Waals surface area contributed by atoms with Crippen LogP contribution in [0, 0.1) is 0 Å².